The van der Waals surface area contributed by atoms with Gasteiger partial charge in [0.1, 0.15) is 0 Å². The lowest BCUT2D eigenvalue weighted by Gasteiger charge is -2.31. The minimum absolute atomic E-state index is 0.237. The number of hydrogen-bond acceptors (Lipinski definition) is 2. The second kappa shape index (κ2) is 5.20. The summed E-state index contributed by atoms with van der Waals surface area (Å²) in [6.45, 7) is 7.46. The van der Waals surface area contributed by atoms with E-state index < -0.39 is 0 Å². The zero-order valence-corrected chi connectivity index (χ0v) is 9.95. The molecule has 0 spiro atoms. The molecule has 1 aliphatic carbocycles. The van der Waals surface area contributed by atoms with Crippen LogP contribution in [-0.2, 0) is 6.42 Å². The molecule has 1 aromatic rings. The Hall–Kier alpha value is -1.53. The van der Waals surface area contributed by atoms with E-state index in [9.17, 15) is 0 Å². The lowest BCUT2D eigenvalue weighted by molar-refractivity contribution is 0.288. The predicted molar refractivity (Wildman–Crippen MR) is 68.7 cm³/mol. The quantitative estimate of drug-likeness (QED) is 0.763. The van der Waals surface area contributed by atoms with Crippen molar-refractivity contribution in [2.45, 2.75) is 37.8 Å². The van der Waals surface area contributed by atoms with Crippen LogP contribution in [0.4, 0.5) is 5.69 Å². The first-order valence-corrected chi connectivity index (χ1v) is 6.15. The van der Waals surface area contributed by atoms with E-state index in [0.717, 1.165) is 37.8 Å². The molecule has 2 N–H and O–H groups in total. The van der Waals surface area contributed by atoms with E-state index in [1.807, 2.05) is 12.1 Å². The molecule has 0 heterocycles. The number of hydrogen-bond donors (Lipinski definition) is 2. The van der Waals surface area contributed by atoms with Crippen LogP contribution in [0, 0.1) is 6.57 Å². The highest BCUT2D eigenvalue weighted by Gasteiger charge is 2.43. The number of aliphatic hydroxyl groups is 1. The van der Waals surface area contributed by atoms with Gasteiger partial charge >= 0.3 is 5.66 Å². The summed E-state index contributed by atoms with van der Waals surface area (Å²) in [5, 5.41) is 12.1. The van der Waals surface area contributed by atoms with E-state index in [1.54, 1.807) is 0 Å². The molecular formula is C14H18N2O. The molecule has 1 fully saturated rings. The van der Waals surface area contributed by atoms with Crippen molar-refractivity contribution in [3.8, 4) is 0 Å². The Bertz CT molecular complexity index is 401. The van der Waals surface area contributed by atoms with Gasteiger partial charge in [-0.1, -0.05) is 12.1 Å². The molecule has 0 aromatic heterocycles. The summed E-state index contributed by atoms with van der Waals surface area (Å²) in [6.07, 6.45) is 4.75. The van der Waals surface area contributed by atoms with Gasteiger partial charge in [-0.3, -0.25) is 4.85 Å². The summed E-state index contributed by atoms with van der Waals surface area (Å²) >= 11 is 0. The fraction of sp³-hybridized carbons (Fsp3) is 0.500. The first-order valence-electron chi connectivity index (χ1n) is 6.15. The van der Waals surface area contributed by atoms with Gasteiger partial charge in [-0.2, -0.15) is 0 Å². The van der Waals surface area contributed by atoms with Crippen molar-refractivity contribution >= 4 is 5.69 Å². The van der Waals surface area contributed by atoms with Crippen molar-refractivity contribution in [1.29, 1.82) is 0 Å². The number of aliphatic hydroxyl groups excluding tert-OH is 1. The van der Waals surface area contributed by atoms with Gasteiger partial charge in [-0.15, -0.1) is 0 Å². The number of anilines is 1. The van der Waals surface area contributed by atoms with E-state index in [4.69, 9.17) is 11.7 Å². The Kier molecular flexibility index (Phi) is 3.65. The van der Waals surface area contributed by atoms with Gasteiger partial charge in [-0.25, -0.2) is 6.57 Å². The summed E-state index contributed by atoms with van der Waals surface area (Å²) in [6, 6.07) is 8.18. The highest BCUT2D eigenvalue weighted by Crippen LogP contribution is 2.36. The third kappa shape index (κ3) is 2.78. The molecule has 2 rings (SSSR count). The standard InChI is InChI=1S/C14H18N2O/c1-15-14(9-3-10-14)16-13-7-5-12(6-8-13)4-2-11-17/h5-8,16-17H,2-4,9-11H2. The van der Waals surface area contributed by atoms with Crippen molar-refractivity contribution in [2.75, 3.05) is 11.9 Å². The molecule has 17 heavy (non-hydrogen) atoms. The normalized spacial score (nSPS) is 16.9. The molecule has 0 bridgehead atoms. The molecule has 0 aliphatic heterocycles. The Morgan fingerprint density at radius 3 is 2.47 bits per heavy atom. The lowest BCUT2D eigenvalue weighted by atomic mass is 9.85. The summed E-state index contributed by atoms with van der Waals surface area (Å²) in [5.41, 5.74) is 1.91. The fourth-order valence-corrected chi connectivity index (χ4v) is 2.08. The third-order valence-corrected chi connectivity index (χ3v) is 3.35. The maximum atomic E-state index is 8.76. The van der Waals surface area contributed by atoms with Gasteiger partial charge in [0.15, 0.2) is 0 Å². The molecule has 1 saturated carbocycles. The average molecular weight is 230 g/mol. The van der Waals surface area contributed by atoms with Gasteiger partial charge in [0, 0.05) is 25.1 Å². The van der Waals surface area contributed by atoms with Crippen LogP contribution in [0.25, 0.3) is 4.85 Å². The topological polar surface area (TPSA) is 36.6 Å². The number of nitrogens with one attached hydrogen (secondary N) is 1. The summed E-state index contributed by atoms with van der Waals surface area (Å²) in [7, 11) is 0. The molecule has 0 unspecified atom stereocenters. The van der Waals surface area contributed by atoms with E-state index in [0.29, 0.717) is 0 Å². The predicted octanol–water partition coefficient (Wildman–Crippen LogP) is 2.82. The van der Waals surface area contributed by atoms with Crippen LogP contribution in [0.3, 0.4) is 0 Å². The van der Waals surface area contributed by atoms with Crippen LogP contribution in [-0.4, -0.2) is 17.4 Å². The molecule has 0 atom stereocenters. The van der Waals surface area contributed by atoms with Crippen molar-refractivity contribution in [2.24, 2.45) is 0 Å². The van der Waals surface area contributed by atoms with Crippen molar-refractivity contribution in [1.82, 2.24) is 0 Å². The van der Waals surface area contributed by atoms with Crippen molar-refractivity contribution in [3.05, 3.63) is 41.2 Å². The maximum Gasteiger partial charge on any atom is 0.305 e. The van der Waals surface area contributed by atoms with Crippen LogP contribution in [0.5, 0.6) is 0 Å². The maximum absolute atomic E-state index is 8.76. The van der Waals surface area contributed by atoms with Crippen molar-refractivity contribution < 1.29 is 5.11 Å². The summed E-state index contributed by atoms with van der Waals surface area (Å²) < 4.78 is 0. The molecule has 0 amide bonds. The highest BCUT2D eigenvalue weighted by atomic mass is 16.2. The average Bonchev–Trinajstić information content (AvgIpc) is 2.33. The fourth-order valence-electron chi connectivity index (χ4n) is 2.08. The van der Waals surface area contributed by atoms with Gasteiger partial charge < -0.3 is 10.4 Å². The van der Waals surface area contributed by atoms with Gasteiger partial charge in [0.2, 0.25) is 0 Å². The first-order chi connectivity index (χ1) is 8.28. The SMILES string of the molecule is [C-]#[N+]C1(Nc2ccc(CCCO)cc2)CCC1. The Morgan fingerprint density at radius 1 is 1.29 bits per heavy atom. The number of benzene rings is 1. The minimum atomic E-state index is -0.341. The molecule has 0 radical (unpaired) electrons. The van der Waals surface area contributed by atoms with E-state index >= 15 is 0 Å². The van der Waals surface area contributed by atoms with Gasteiger partial charge in [0.25, 0.3) is 0 Å². The van der Waals surface area contributed by atoms with Crippen molar-refractivity contribution in [3.63, 3.8) is 0 Å². The number of nitrogens with zero attached hydrogens (tertiary/aromatic N) is 1. The molecular weight excluding hydrogens is 212 g/mol. The molecule has 90 valence electrons. The molecule has 3 heteroatoms. The monoisotopic (exact) mass is 230 g/mol. The van der Waals surface area contributed by atoms with Crippen LogP contribution in [0.2, 0.25) is 0 Å². The summed E-state index contributed by atoms with van der Waals surface area (Å²) in [5.74, 6) is 0. The second-order valence-electron chi connectivity index (χ2n) is 4.65. The number of rotatable bonds is 5. The van der Waals surface area contributed by atoms with E-state index in [-0.39, 0.29) is 12.3 Å². The lowest BCUT2D eigenvalue weighted by Crippen LogP contribution is -2.41. The van der Waals surface area contributed by atoms with Crippen LogP contribution < -0.4 is 5.32 Å². The van der Waals surface area contributed by atoms with Gasteiger partial charge in [-0.05, 0) is 37.0 Å². The molecule has 0 saturated heterocycles. The smallest absolute Gasteiger partial charge is 0.305 e. The Morgan fingerprint density at radius 2 is 2.00 bits per heavy atom. The molecule has 1 aliphatic rings. The second-order valence-corrected chi connectivity index (χ2v) is 4.65. The molecule has 3 nitrogen and oxygen atoms in total. The van der Waals surface area contributed by atoms with Crippen LogP contribution in [0.15, 0.2) is 24.3 Å². The van der Waals surface area contributed by atoms with Gasteiger partial charge in [0.05, 0.1) is 0 Å². The Balaban J connectivity index is 1.96. The first kappa shape index (κ1) is 11.9. The third-order valence-electron chi connectivity index (χ3n) is 3.35. The van der Waals surface area contributed by atoms with Crippen LogP contribution in [0.1, 0.15) is 31.2 Å². The Labute approximate surface area is 102 Å². The number of aryl methyl sites for hydroxylation is 1. The highest BCUT2D eigenvalue weighted by molar-refractivity contribution is 5.48. The summed E-state index contributed by atoms with van der Waals surface area (Å²) in [4.78, 5) is 3.70. The van der Waals surface area contributed by atoms with Crippen LogP contribution >= 0.6 is 0 Å². The zero-order valence-electron chi connectivity index (χ0n) is 9.95. The van der Waals surface area contributed by atoms with E-state index in [1.165, 1.54) is 5.56 Å². The largest absolute Gasteiger partial charge is 0.396 e. The minimum Gasteiger partial charge on any atom is -0.396 e. The van der Waals surface area contributed by atoms with E-state index in [2.05, 4.69) is 22.3 Å². The zero-order chi connectivity index (χ0) is 12.1. The molecule has 1 aromatic carbocycles.